The topological polar surface area (TPSA) is 84.5 Å². The molecule has 132 valence electrons. The number of esters is 1. The molecule has 0 aliphatic rings. The minimum absolute atomic E-state index is 0.0805. The Morgan fingerprint density at radius 1 is 1.20 bits per heavy atom. The van der Waals surface area contributed by atoms with Crippen molar-refractivity contribution in [3.8, 4) is 0 Å². The van der Waals surface area contributed by atoms with E-state index in [0.717, 1.165) is 6.07 Å². The highest BCUT2D eigenvalue weighted by atomic mass is 32.1. The zero-order valence-electron chi connectivity index (χ0n) is 13.3. The van der Waals surface area contributed by atoms with E-state index in [2.05, 4.69) is 10.6 Å². The van der Waals surface area contributed by atoms with Crippen LogP contribution in [0.3, 0.4) is 0 Å². The van der Waals surface area contributed by atoms with Crippen molar-refractivity contribution in [1.82, 2.24) is 5.32 Å². The lowest BCUT2D eigenvalue weighted by atomic mass is 10.3. The summed E-state index contributed by atoms with van der Waals surface area (Å²) >= 11 is 1.43. The number of anilines is 1. The van der Waals surface area contributed by atoms with E-state index in [0.29, 0.717) is 18.5 Å². The zero-order chi connectivity index (χ0) is 18.1. The van der Waals surface area contributed by atoms with Crippen LogP contribution in [0, 0.1) is 5.82 Å². The highest BCUT2D eigenvalue weighted by molar-refractivity contribution is 7.08. The van der Waals surface area contributed by atoms with E-state index in [1.54, 1.807) is 16.8 Å². The van der Waals surface area contributed by atoms with Gasteiger partial charge < -0.3 is 15.4 Å². The van der Waals surface area contributed by atoms with Gasteiger partial charge >= 0.3 is 5.97 Å². The fourth-order valence-electron chi connectivity index (χ4n) is 1.91. The van der Waals surface area contributed by atoms with Gasteiger partial charge in [-0.3, -0.25) is 14.4 Å². The van der Waals surface area contributed by atoms with Gasteiger partial charge in [0.05, 0.1) is 0 Å². The maximum atomic E-state index is 13.0. The summed E-state index contributed by atoms with van der Waals surface area (Å²) in [4.78, 5) is 34.8. The van der Waals surface area contributed by atoms with Crippen LogP contribution < -0.4 is 10.6 Å². The van der Waals surface area contributed by atoms with Crippen LogP contribution in [0.2, 0.25) is 0 Å². The number of hydrogen-bond donors (Lipinski definition) is 2. The average molecular weight is 364 g/mol. The van der Waals surface area contributed by atoms with Gasteiger partial charge in [-0.1, -0.05) is 6.07 Å². The van der Waals surface area contributed by atoms with E-state index < -0.39 is 24.3 Å². The van der Waals surface area contributed by atoms with Crippen LogP contribution in [-0.2, 0) is 14.3 Å². The van der Waals surface area contributed by atoms with Gasteiger partial charge in [0.25, 0.3) is 11.8 Å². The molecule has 6 nitrogen and oxygen atoms in total. The monoisotopic (exact) mass is 364 g/mol. The molecule has 2 rings (SSSR count). The molecular weight excluding hydrogens is 347 g/mol. The summed E-state index contributed by atoms with van der Waals surface area (Å²) in [5.74, 6) is -1.76. The van der Waals surface area contributed by atoms with Crippen molar-refractivity contribution in [3.63, 3.8) is 0 Å². The fraction of sp³-hybridized carbons (Fsp3) is 0.235. The number of ether oxygens (including phenoxy) is 1. The largest absolute Gasteiger partial charge is 0.456 e. The molecule has 0 fully saturated rings. The maximum Gasteiger partial charge on any atom is 0.306 e. The highest BCUT2D eigenvalue weighted by Gasteiger charge is 2.09. The maximum absolute atomic E-state index is 13.0. The summed E-state index contributed by atoms with van der Waals surface area (Å²) in [6.45, 7) is -0.115. The summed E-state index contributed by atoms with van der Waals surface area (Å²) in [5.41, 5.74) is 0.874. The normalized spacial score (nSPS) is 10.1. The molecule has 1 heterocycles. The summed E-state index contributed by atoms with van der Waals surface area (Å²) in [6.07, 6.45) is 0.484. The molecule has 0 spiro atoms. The second-order valence-corrected chi connectivity index (χ2v) is 5.87. The molecule has 25 heavy (non-hydrogen) atoms. The number of halogens is 1. The van der Waals surface area contributed by atoms with Crippen molar-refractivity contribution in [2.75, 3.05) is 18.5 Å². The molecule has 1 aromatic carbocycles. The van der Waals surface area contributed by atoms with Gasteiger partial charge in [0, 0.05) is 29.6 Å². The van der Waals surface area contributed by atoms with Gasteiger partial charge in [0.15, 0.2) is 6.61 Å². The third-order valence-corrected chi connectivity index (χ3v) is 3.78. The SMILES string of the molecule is O=C(COC(=O)CCCNC(=O)c1ccsc1)Nc1cccc(F)c1. The molecule has 0 atom stereocenters. The number of nitrogens with one attached hydrogen (secondary N) is 2. The molecule has 0 saturated carbocycles. The Labute approximate surface area is 148 Å². The number of thiophene rings is 1. The minimum atomic E-state index is -0.551. The first kappa shape index (κ1) is 18.6. The van der Waals surface area contributed by atoms with Crippen molar-refractivity contribution in [2.24, 2.45) is 0 Å². The van der Waals surface area contributed by atoms with Gasteiger partial charge in [-0.2, -0.15) is 11.3 Å². The Morgan fingerprint density at radius 2 is 2.04 bits per heavy atom. The number of benzene rings is 1. The molecule has 0 bridgehead atoms. The van der Waals surface area contributed by atoms with Crippen LogP contribution in [0.4, 0.5) is 10.1 Å². The number of amides is 2. The summed E-state index contributed by atoms with van der Waals surface area (Å²) in [7, 11) is 0. The smallest absolute Gasteiger partial charge is 0.306 e. The molecule has 2 aromatic rings. The lowest BCUT2D eigenvalue weighted by Gasteiger charge is -2.07. The lowest BCUT2D eigenvalue weighted by molar-refractivity contribution is -0.147. The number of hydrogen-bond acceptors (Lipinski definition) is 5. The molecule has 1 aromatic heterocycles. The van der Waals surface area contributed by atoms with Gasteiger partial charge in [0.2, 0.25) is 0 Å². The molecule has 2 N–H and O–H groups in total. The average Bonchev–Trinajstić information content (AvgIpc) is 3.11. The predicted molar refractivity (Wildman–Crippen MR) is 91.9 cm³/mol. The Hall–Kier alpha value is -2.74. The first-order valence-corrected chi connectivity index (χ1v) is 8.50. The Kier molecular flexibility index (Phi) is 7.09. The molecule has 0 saturated heterocycles. The lowest BCUT2D eigenvalue weighted by Crippen LogP contribution is -2.25. The van der Waals surface area contributed by atoms with Gasteiger partial charge in [-0.05, 0) is 36.1 Å². The molecule has 0 aliphatic carbocycles. The van der Waals surface area contributed by atoms with Crippen molar-refractivity contribution < 1.29 is 23.5 Å². The fourth-order valence-corrected chi connectivity index (χ4v) is 2.55. The molecule has 2 amide bonds. The summed E-state index contributed by atoms with van der Waals surface area (Å²) in [6, 6.07) is 7.12. The highest BCUT2D eigenvalue weighted by Crippen LogP contribution is 2.09. The quantitative estimate of drug-likeness (QED) is 0.557. The van der Waals surface area contributed by atoms with Gasteiger partial charge in [-0.15, -0.1) is 0 Å². The van der Waals surface area contributed by atoms with E-state index >= 15 is 0 Å². The van der Waals surface area contributed by atoms with E-state index in [-0.39, 0.29) is 18.0 Å². The third-order valence-electron chi connectivity index (χ3n) is 3.10. The van der Waals surface area contributed by atoms with E-state index in [9.17, 15) is 18.8 Å². The second-order valence-electron chi connectivity index (χ2n) is 5.09. The van der Waals surface area contributed by atoms with Gasteiger partial charge in [0.1, 0.15) is 5.82 Å². The summed E-state index contributed by atoms with van der Waals surface area (Å²) < 4.78 is 17.8. The van der Waals surface area contributed by atoms with E-state index in [4.69, 9.17) is 4.74 Å². The molecular formula is C17H17FN2O4S. The van der Waals surface area contributed by atoms with Gasteiger partial charge in [-0.25, -0.2) is 4.39 Å². The van der Waals surface area contributed by atoms with Crippen LogP contribution in [0.25, 0.3) is 0 Å². The standard InChI is InChI=1S/C17H17FN2O4S/c18-13-3-1-4-14(9-13)20-15(21)10-24-16(22)5-2-7-19-17(23)12-6-8-25-11-12/h1,3-4,6,8-9,11H,2,5,7,10H2,(H,19,23)(H,20,21). The molecule has 0 aliphatic heterocycles. The van der Waals surface area contributed by atoms with Crippen LogP contribution in [0.5, 0.6) is 0 Å². The minimum Gasteiger partial charge on any atom is -0.456 e. The number of carbonyl (C=O) groups excluding carboxylic acids is 3. The Balaban J connectivity index is 1.59. The van der Waals surface area contributed by atoms with Crippen LogP contribution in [-0.4, -0.2) is 30.9 Å². The Bertz CT molecular complexity index is 734. The van der Waals surface area contributed by atoms with Crippen molar-refractivity contribution in [3.05, 3.63) is 52.5 Å². The number of carbonyl (C=O) groups is 3. The van der Waals surface area contributed by atoms with Crippen molar-refractivity contribution in [2.45, 2.75) is 12.8 Å². The van der Waals surface area contributed by atoms with Crippen LogP contribution in [0.15, 0.2) is 41.1 Å². The second kappa shape index (κ2) is 9.53. The summed E-state index contributed by atoms with van der Waals surface area (Å²) in [5, 5.41) is 8.66. The molecule has 8 heteroatoms. The third kappa shape index (κ3) is 6.72. The van der Waals surface area contributed by atoms with Crippen molar-refractivity contribution in [1.29, 1.82) is 0 Å². The zero-order valence-corrected chi connectivity index (χ0v) is 14.1. The molecule has 0 radical (unpaired) electrons. The van der Waals surface area contributed by atoms with E-state index in [1.807, 2.05) is 0 Å². The van der Waals surface area contributed by atoms with Crippen LogP contribution >= 0.6 is 11.3 Å². The number of rotatable bonds is 8. The first-order chi connectivity index (χ1) is 12.0. The Morgan fingerprint density at radius 3 is 2.76 bits per heavy atom. The predicted octanol–water partition coefficient (Wildman–Crippen LogP) is 2.58. The molecule has 0 unspecified atom stereocenters. The first-order valence-electron chi connectivity index (χ1n) is 7.56. The van der Waals surface area contributed by atoms with E-state index in [1.165, 1.54) is 29.5 Å². The van der Waals surface area contributed by atoms with Crippen molar-refractivity contribution >= 4 is 34.8 Å². The van der Waals surface area contributed by atoms with Crippen LogP contribution in [0.1, 0.15) is 23.2 Å².